The Bertz CT molecular complexity index is 641. The average Bonchev–Trinajstić information content (AvgIpc) is 2.89. The number of rotatable bonds is 3. The highest BCUT2D eigenvalue weighted by molar-refractivity contribution is 5.81. The van der Waals surface area contributed by atoms with Gasteiger partial charge in [0.1, 0.15) is 0 Å². The highest BCUT2D eigenvalue weighted by Gasteiger charge is 2.20. The molecule has 0 aliphatic carbocycles. The van der Waals surface area contributed by atoms with Gasteiger partial charge in [-0.25, -0.2) is 0 Å². The summed E-state index contributed by atoms with van der Waals surface area (Å²) >= 11 is 0. The van der Waals surface area contributed by atoms with Gasteiger partial charge in [-0.1, -0.05) is 13.0 Å². The Labute approximate surface area is 119 Å². The van der Waals surface area contributed by atoms with E-state index in [9.17, 15) is 0 Å². The van der Waals surface area contributed by atoms with Gasteiger partial charge in [-0.05, 0) is 30.1 Å². The summed E-state index contributed by atoms with van der Waals surface area (Å²) in [6, 6.07) is 10.1. The molecule has 0 radical (unpaired) electrons. The Balaban J connectivity index is 1.82. The maximum atomic E-state index is 9.02. The summed E-state index contributed by atoms with van der Waals surface area (Å²) in [6.07, 6.45) is 2.31. The van der Waals surface area contributed by atoms with Crippen molar-refractivity contribution in [3.8, 4) is 6.07 Å². The van der Waals surface area contributed by atoms with Crippen LogP contribution in [0.15, 0.2) is 30.5 Å². The van der Waals surface area contributed by atoms with E-state index in [-0.39, 0.29) is 6.10 Å². The maximum absolute atomic E-state index is 9.02. The third-order valence-electron chi connectivity index (χ3n) is 3.97. The first kappa shape index (κ1) is 13.2. The van der Waals surface area contributed by atoms with E-state index in [0.717, 1.165) is 38.3 Å². The molecule has 0 saturated carbocycles. The zero-order valence-electron chi connectivity index (χ0n) is 11.7. The van der Waals surface area contributed by atoms with Crippen LogP contribution < -0.4 is 0 Å². The highest BCUT2D eigenvalue weighted by atomic mass is 16.5. The van der Waals surface area contributed by atoms with Gasteiger partial charge in [-0.2, -0.15) is 5.26 Å². The van der Waals surface area contributed by atoms with Crippen molar-refractivity contribution in [2.45, 2.75) is 19.6 Å². The summed E-state index contributed by atoms with van der Waals surface area (Å²) < 4.78 is 8.06. The standard InChI is InChI=1S/C16H19N3O/c1-2-18-7-8-20-15(11-18)12-19-6-5-14-4-3-13(10-17)9-16(14)19/h3-6,9,15H,2,7-8,11-12H2,1H3. The highest BCUT2D eigenvalue weighted by Crippen LogP contribution is 2.19. The second-order valence-electron chi connectivity index (χ2n) is 5.24. The van der Waals surface area contributed by atoms with Crippen LogP contribution in [0.25, 0.3) is 10.9 Å². The van der Waals surface area contributed by atoms with E-state index in [4.69, 9.17) is 10.00 Å². The van der Waals surface area contributed by atoms with E-state index >= 15 is 0 Å². The number of ether oxygens (including phenoxy) is 1. The zero-order valence-corrected chi connectivity index (χ0v) is 11.7. The van der Waals surface area contributed by atoms with Crippen molar-refractivity contribution in [3.05, 3.63) is 36.0 Å². The molecule has 20 heavy (non-hydrogen) atoms. The van der Waals surface area contributed by atoms with Crippen LogP contribution in [0.5, 0.6) is 0 Å². The fourth-order valence-electron chi connectivity index (χ4n) is 2.81. The lowest BCUT2D eigenvalue weighted by molar-refractivity contribution is -0.0337. The van der Waals surface area contributed by atoms with Crippen LogP contribution in [0.2, 0.25) is 0 Å². The van der Waals surface area contributed by atoms with Gasteiger partial charge in [-0.15, -0.1) is 0 Å². The molecule has 1 aliphatic rings. The van der Waals surface area contributed by atoms with Crippen molar-refractivity contribution in [1.82, 2.24) is 9.47 Å². The number of nitrogens with zero attached hydrogens (tertiary/aromatic N) is 3. The molecular weight excluding hydrogens is 250 g/mol. The molecule has 1 aliphatic heterocycles. The molecule has 0 amide bonds. The van der Waals surface area contributed by atoms with Gasteiger partial charge in [0.15, 0.2) is 0 Å². The van der Waals surface area contributed by atoms with E-state index in [2.05, 4.69) is 34.7 Å². The Morgan fingerprint density at radius 3 is 3.10 bits per heavy atom. The van der Waals surface area contributed by atoms with Gasteiger partial charge >= 0.3 is 0 Å². The summed E-state index contributed by atoms with van der Waals surface area (Å²) in [5.41, 5.74) is 1.82. The molecule has 1 aromatic heterocycles. The lowest BCUT2D eigenvalue weighted by atomic mass is 10.2. The van der Waals surface area contributed by atoms with Gasteiger partial charge in [0.05, 0.1) is 30.9 Å². The number of hydrogen-bond acceptors (Lipinski definition) is 3. The van der Waals surface area contributed by atoms with Crippen molar-refractivity contribution in [1.29, 1.82) is 5.26 Å². The van der Waals surface area contributed by atoms with Crippen LogP contribution in [0.4, 0.5) is 0 Å². The summed E-state index contributed by atoms with van der Waals surface area (Å²) in [5, 5.41) is 10.2. The third-order valence-corrected chi connectivity index (χ3v) is 3.97. The summed E-state index contributed by atoms with van der Waals surface area (Å²) in [5.74, 6) is 0. The number of morpholine rings is 1. The predicted octanol–water partition coefficient (Wildman–Crippen LogP) is 2.23. The minimum absolute atomic E-state index is 0.227. The van der Waals surface area contributed by atoms with Crippen LogP contribution >= 0.6 is 0 Å². The van der Waals surface area contributed by atoms with Gasteiger partial charge in [0.2, 0.25) is 0 Å². The molecule has 1 saturated heterocycles. The van der Waals surface area contributed by atoms with Crippen molar-refractivity contribution in [2.24, 2.45) is 0 Å². The number of nitriles is 1. The first-order valence-corrected chi connectivity index (χ1v) is 7.13. The molecule has 2 aromatic rings. The van der Waals surface area contributed by atoms with Gasteiger partial charge in [0, 0.05) is 24.8 Å². The fraction of sp³-hybridized carbons (Fsp3) is 0.438. The van der Waals surface area contributed by atoms with Crippen molar-refractivity contribution < 1.29 is 4.74 Å². The van der Waals surface area contributed by atoms with E-state index in [1.807, 2.05) is 18.2 Å². The monoisotopic (exact) mass is 269 g/mol. The Morgan fingerprint density at radius 2 is 2.30 bits per heavy atom. The molecule has 1 unspecified atom stereocenters. The van der Waals surface area contributed by atoms with Gasteiger partial charge < -0.3 is 9.30 Å². The Kier molecular flexibility index (Phi) is 3.72. The molecular formula is C16H19N3O. The summed E-state index contributed by atoms with van der Waals surface area (Å²) in [4.78, 5) is 2.42. The summed E-state index contributed by atoms with van der Waals surface area (Å²) in [7, 11) is 0. The fourth-order valence-corrected chi connectivity index (χ4v) is 2.81. The zero-order chi connectivity index (χ0) is 13.9. The predicted molar refractivity (Wildman–Crippen MR) is 78.5 cm³/mol. The first-order valence-electron chi connectivity index (χ1n) is 7.13. The molecule has 1 atom stereocenters. The van der Waals surface area contributed by atoms with E-state index in [0.29, 0.717) is 5.56 Å². The van der Waals surface area contributed by atoms with Crippen molar-refractivity contribution >= 4 is 10.9 Å². The molecule has 4 heteroatoms. The molecule has 2 heterocycles. The second-order valence-corrected chi connectivity index (χ2v) is 5.24. The third kappa shape index (κ3) is 2.55. The quantitative estimate of drug-likeness (QED) is 0.858. The molecule has 0 N–H and O–H groups in total. The van der Waals surface area contributed by atoms with E-state index in [1.54, 1.807) is 0 Å². The molecule has 0 bridgehead atoms. The second kappa shape index (κ2) is 5.66. The first-order chi connectivity index (χ1) is 9.80. The minimum atomic E-state index is 0.227. The van der Waals surface area contributed by atoms with Crippen molar-refractivity contribution in [3.63, 3.8) is 0 Å². The lowest BCUT2D eigenvalue weighted by Crippen LogP contribution is -2.43. The maximum Gasteiger partial charge on any atom is 0.0992 e. The largest absolute Gasteiger partial charge is 0.374 e. The Hall–Kier alpha value is -1.83. The molecule has 104 valence electrons. The van der Waals surface area contributed by atoms with Crippen molar-refractivity contribution in [2.75, 3.05) is 26.2 Å². The minimum Gasteiger partial charge on any atom is -0.374 e. The normalized spacial score (nSPS) is 20.1. The van der Waals surface area contributed by atoms with Crippen LogP contribution in [-0.2, 0) is 11.3 Å². The molecule has 4 nitrogen and oxygen atoms in total. The molecule has 0 spiro atoms. The smallest absolute Gasteiger partial charge is 0.0992 e. The van der Waals surface area contributed by atoms with Crippen LogP contribution in [0.1, 0.15) is 12.5 Å². The topological polar surface area (TPSA) is 41.2 Å². The molecule has 1 aromatic carbocycles. The lowest BCUT2D eigenvalue weighted by Gasteiger charge is -2.32. The number of fused-ring (bicyclic) bond motifs is 1. The van der Waals surface area contributed by atoms with E-state index < -0.39 is 0 Å². The number of likely N-dealkylation sites (N-methyl/N-ethyl adjacent to an activating group) is 1. The number of aromatic nitrogens is 1. The van der Waals surface area contributed by atoms with E-state index in [1.165, 1.54) is 5.39 Å². The van der Waals surface area contributed by atoms with Gasteiger partial charge in [0.25, 0.3) is 0 Å². The Morgan fingerprint density at radius 1 is 1.40 bits per heavy atom. The molecule has 1 fully saturated rings. The van der Waals surface area contributed by atoms with Crippen LogP contribution in [0.3, 0.4) is 0 Å². The SMILES string of the molecule is CCN1CCOC(Cn2ccc3ccc(C#N)cc32)C1. The molecule has 3 rings (SSSR count). The summed E-state index contributed by atoms with van der Waals surface area (Å²) in [6.45, 7) is 6.92. The van der Waals surface area contributed by atoms with Gasteiger partial charge in [-0.3, -0.25) is 4.90 Å². The average molecular weight is 269 g/mol. The van der Waals surface area contributed by atoms with Crippen LogP contribution in [0, 0.1) is 11.3 Å². The number of benzene rings is 1. The number of hydrogen-bond donors (Lipinski definition) is 0. The van der Waals surface area contributed by atoms with Crippen LogP contribution in [-0.4, -0.2) is 41.8 Å².